The van der Waals surface area contributed by atoms with E-state index in [0.717, 1.165) is 5.69 Å². The highest BCUT2D eigenvalue weighted by Crippen LogP contribution is 2.41. The highest BCUT2D eigenvalue weighted by atomic mass is 79.9. The molecule has 2 aromatic heterocycles. The summed E-state index contributed by atoms with van der Waals surface area (Å²) in [6.45, 7) is 0.0189. The van der Waals surface area contributed by atoms with Crippen molar-refractivity contribution in [3.63, 3.8) is 0 Å². The zero-order valence-corrected chi connectivity index (χ0v) is 20.7. The molecule has 1 aliphatic rings. The van der Waals surface area contributed by atoms with Crippen molar-refractivity contribution >= 4 is 44.9 Å². The fraction of sp³-hybridized carbons (Fsp3) is 0.115. The normalized spacial score (nSPS) is 17.3. The molecule has 0 spiro atoms. The number of rotatable bonds is 6. The van der Waals surface area contributed by atoms with Crippen LogP contribution in [0.3, 0.4) is 0 Å². The van der Waals surface area contributed by atoms with Gasteiger partial charge in [0.2, 0.25) is 5.91 Å². The van der Waals surface area contributed by atoms with E-state index in [-0.39, 0.29) is 24.3 Å². The summed E-state index contributed by atoms with van der Waals surface area (Å²) < 4.78 is 20.4. The van der Waals surface area contributed by atoms with Crippen LogP contribution in [0.5, 0.6) is 0 Å². The number of anilines is 1. The summed E-state index contributed by atoms with van der Waals surface area (Å²) in [6, 6.07) is 22.2. The van der Waals surface area contributed by atoms with Crippen LogP contribution in [0.2, 0.25) is 0 Å². The molecule has 1 amide bonds. The molecular formula is C26H20BrFN4O2S. The van der Waals surface area contributed by atoms with Crippen LogP contribution < -0.4 is 10.6 Å². The lowest BCUT2D eigenvalue weighted by Crippen LogP contribution is -2.36. The van der Waals surface area contributed by atoms with Crippen LogP contribution in [0.15, 0.2) is 93.9 Å². The van der Waals surface area contributed by atoms with Crippen LogP contribution in [-0.2, 0) is 4.79 Å². The molecule has 3 heterocycles. The third kappa shape index (κ3) is 4.96. The second-order valence-corrected chi connectivity index (χ2v) is 9.24. The number of hydrogen-bond acceptors (Lipinski definition) is 4. The molecule has 5 rings (SSSR count). The van der Waals surface area contributed by atoms with Gasteiger partial charge in [0.05, 0.1) is 11.7 Å². The van der Waals surface area contributed by atoms with Crippen LogP contribution in [0.4, 0.5) is 10.1 Å². The van der Waals surface area contributed by atoms with Crippen LogP contribution in [0, 0.1) is 5.82 Å². The maximum atomic E-state index is 13.6. The minimum atomic E-state index is -0.424. The van der Waals surface area contributed by atoms with Gasteiger partial charge in [-0.25, -0.2) is 4.39 Å². The topological polar surface area (TPSA) is 70.4 Å². The average Bonchev–Trinajstić information content (AvgIpc) is 3.45. The Hall–Kier alpha value is -3.56. The number of amides is 1. The first-order valence-electron chi connectivity index (χ1n) is 10.9. The van der Waals surface area contributed by atoms with E-state index in [0.29, 0.717) is 32.4 Å². The van der Waals surface area contributed by atoms with E-state index >= 15 is 0 Å². The van der Waals surface area contributed by atoms with Gasteiger partial charge < -0.3 is 20.0 Å². The van der Waals surface area contributed by atoms with Gasteiger partial charge in [0, 0.05) is 21.9 Å². The molecule has 0 radical (unpaired) electrons. The van der Waals surface area contributed by atoms with Crippen molar-refractivity contribution in [2.45, 2.75) is 12.1 Å². The molecule has 1 fully saturated rings. The molecule has 0 aliphatic carbocycles. The van der Waals surface area contributed by atoms with Gasteiger partial charge in [-0.15, -0.1) is 0 Å². The Morgan fingerprint density at radius 3 is 2.66 bits per heavy atom. The molecule has 0 saturated carbocycles. The molecule has 35 heavy (non-hydrogen) atoms. The Balaban J connectivity index is 1.47. The summed E-state index contributed by atoms with van der Waals surface area (Å²) in [7, 11) is 0. The minimum Gasteiger partial charge on any atom is -0.459 e. The maximum Gasteiger partial charge on any atom is 0.244 e. The van der Waals surface area contributed by atoms with Crippen molar-refractivity contribution < 1.29 is 13.6 Å². The number of hydrogen-bond donors (Lipinski definition) is 2. The van der Waals surface area contributed by atoms with Crippen molar-refractivity contribution in [1.82, 2.24) is 15.2 Å². The molecule has 6 nitrogen and oxygen atoms in total. The van der Waals surface area contributed by atoms with Crippen molar-refractivity contribution in [3.8, 4) is 11.3 Å². The van der Waals surface area contributed by atoms with Crippen LogP contribution >= 0.6 is 28.1 Å². The number of furan rings is 1. The summed E-state index contributed by atoms with van der Waals surface area (Å²) in [5.74, 6) is 0.619. The van der Waals surface area contributed by atoms with Crippen molar-refractivity contribution in [3.05, 3.63) is 107 Å². The lowest BCUT2D eigenvalue weighted by atomic mass is 10.0. The summed E-state index contributed by atoms with van der Waals surface area (Å²) in [4.78, 5) is 19.2. The zero-order valence-electron chi connectivity index (χ0n) is 18.3. The van der Waals surface area contributed by atoms with E-state index in [4.69, 9.17) is 16.6 Å². The number of nitrogens with one attached hydrogen (secondary N) is 2. The summed E-state index contributed by atoms with van der Waals surface area (Å²) in [5.41, 5.74) is 2.19. The van der Waals surface area contributed by atoms with Gasteiger partial charge in [-0.2, -0.15) is 0 Å². The molecule has 9 heteroatoms. The molecule has 1 aliphatic heterocycles. The number of aromatic nitrogens is 1. The third-order valence-corrected chi connectivity index (χ3v) is 6.69. The largest absolute Gasteiger partial charge is 0.459 e. The van der Waals surface area contributed by atoms with Gasteiger partial charge in [0.25, 0.3) is 0 Å². The average molecular weight is 551 g/mol. The number of carbonyl (C=O) groups is 1. The molecule has 4 aromatic rings. The van der Waals surface area contributed by atoms with Crippen LogP contribution in [-0.4, -0.2) is 27.4 Å². The highest BCUT2D eigenvalue weighted by molar-refractivity contribution is 9.10. The second kappa shape index (κ2) is 9.97. The Morgan fingerprint density at radius 2 is 1.91 bits per heavy atom. The molecule has 2 N–H and O–H groups in total. The highest BCUT2D eigenvalue weighted by Gasteiger charge is 2.42. The Kier molecular flexibility index (Phi) is 6.61. The van der Waals surface area contributed by atoms with Gasteiger partial charge in [-0.1, -0.05) is 24.3 Å². The lowest BCUT2D eigenvalue weighted by Gasteiger charge is -2.25. The first kappa shape index (κ1) is 23.2. The number of halogens is 2. The fourth-order valence-electron chi connectivity index (χ4n) is 4.11. The van der Waals surface area contributed by atoms with E-state index in [1.165, 1.54) is 12.1 Å². The second-order valence-electron chi connectivity index (χ2n) is 7.99. The van der Waals surface area contributed by atoms with Gasteiger partial charge in [0.1, 0.15) is 29.9 Å². The van der Waals surface area contributed by atoms with Gasteiger partial charge >= 0.3 is 0 Å². The van der Waals surface area contributed by atoms with E-state index in [1.807, 2.05) is 60.7 Å². The molecule has 176 valence electrons. The van der Waals surface area contributed by atoms with Crippen molar-refractivity contribution in [2.24, 2.45) is 0 Å². The third-order valence-electron chi connectivity index (χ3n) is 5.68. The molecular weight excluding hydrogens is 531 g/mol. The number of thiocarbonyl (C=S) groups is 1. The monoisotopic (exact) mass is 550 g/mol. The zero-order chi connectivity index (χ0) is 24.4. The molecule has 2 atom stereocenters. The molecule has 0 unspecified atom stereocenters. The predicted octanol–water partition coefficient (Wildman–Crippen LogP) is 5.85. The smallest absolute Gasteiger partial charge is 0.244 e. The number of pyridine rings is 1. The van der Waals surface area contributed by atoms with Crippen LogP contribution in [0.25, 0.3) is 11.3 Å². The predicted molar refractivity (Wildman–Crippen MR) is 139 cm³/mol. The number of nitrogens with zero attached hydrogens (tertiary/aromatic N) is 2. The quantitative estimate of drug-likeness (QED) is 0.293. The fourth-order valence-corrected chi connectivity index (χ4v) is 4.96. The van der Waals surface area contributed by atoms with Crippen molar-refractivity contribution in [1.29, 1.82) is 0 Å². The van der Waals surface area contributed by atoms with Crippen LogP contribution in [0.1, 0.15) is 23.5 Å². The Morgan fingerprint density at radius 1 is 1.11 bits per heavy atom. The van der Waals surface area contributed by atoms with Gasteiger partial charge in [0.15, 0.2) is 5.11 Å². The minimum absolute atomic E-state index is 0.0189. The van der Waals surface area contributed by atoms with Gasteiger partial charge in [-0.05, 0) is 82.7 Å². The summed E-state index contributed by atoms with van der Waals surface area (Å²) in [6.07, 6.45) is 1.71. The number of carbonyl (C=O) groups excluding carboxylic acids is 1. The first-order valence-corrected chi connectivity index (χ1v) is 12.1. The van der Waals surface area contributed by atoms with E-state index in [1.54, 1.807) is 17.2 Å². The van der Waals surface area contributed by atoms with E-state index < -0.39 is 6.04 Å². The van der Waals surface area contributed by atoms with Crippen molar-refractivity contribution in [2.75, 3.05) is 11.9 Å². The molecule has 0 bridgehead atoms. The molecule has 2 aromatic carbocycles. The van der Waals surface area contributed by atoms with E-state index in [9.17, 15) is 9.18 Å². The lowest BCUT2D eigenvalue weighted by molar-refractivity contribution is -0.116. The molecule has 1 saturated heterocycles. The summed E-state index contributed by atoms with van der Waals surface area (Å²) in [5, 5.41) is 6.63. The number of benzene rings is 2. The Bertz CT molecular complexity index is 1370. The number of para-hydroxylation sites is 1. The summed E-state index contributed by atoms with van der Waals surface area (Å²) >= 11 is 9.03. The van der Waals surface area contributed by atoms with E-state index in [2.05, 4.69) is 31.5 Å². The standard InChI is InChI=1S/C26H20BrFN4O2S/c27-19-14-16(28)9-10-18(19)21-11-12-22(34-21)25-24(20-8-4-5-13-29-20)31-26(35)32(25)15-23(33)30-17-6-2-1-3-7-17/h1-14,24-25H,15H2,(H,30,33)(H,31,35)/t24-,25-/m0/s1. The Labute approximate surface area is 215 Å². The maximum absolute atomic E-state index is 13.6. The first-order chi connectivity index (χ1) is 17.0. The van der Waals surface area contributed by atoms with Gasteiger partial charge in [-0.3, -0.25) is 9.78 Å². The SMILES string of the molecule is O=C(CN1C(=S)N[C@@H](c2ccccn2)[C@@H]1c1ccc(-c2ccc(F)cc2Br)o1)Nc1ccccc1.